The number of aliphatic carboxylic acids is 1. The van der Waals surface area contributed by atoms with Crippen molar-refractivity contribution in [2.24, 2.45) is 11.8 Å². The zero-order valence-corrected chi connectivity index (χ0v) is 20.3. The highest BCUT2D eigenvalue weighted by Crippen LogP contribution is 2.51. The number of hydrogen-bond acceptors (Lipinski definition) is 6. The van der Waals surface area contributed by atoms with Crippen LogP contribution >= 0.6 is 11.8 Å². The molecule has 0 aromatic rings. The summed E-state index contributed by atoms with van der Waals surface area (Å²) in [5, 5.41) is 23.2. The maximum Gasteiger partial charge on any atom is 0.353 e. The third-order valence-corrected chi connectivity index (χ3v) is 9.08. The van der Waals surface area contributed by atoms with Crippen LogP contribution < -0.4 is 5.32 Å². The average molecular weight is 468 g/mol. The van der Waals surface area contributed by atoms with Crippen LogP contribution in [-0.4, -0.2) is 113 Å². The van der Waals surface area contributed by atoms with Crippen LogP contribution in [0.1, 0.15) is 26.7 Å². The normalized spacial score (nSPS) is 35.9. The summed E-state index contributed by atoms with van der Waals surface area (Å²) < 4.78 is 0.841. The third kappa shape index (κ3) is 3.85. The first-order valence-electron chi connectivity index (χ1n) is 11.4. The van der Waals surface area contributed by atoms with Crippen LogP contribution in [0.25, 0.3) is 0 Å². The van der Waals surface area contributed by atoms with E-state index in [1.165, 1.54) is 16.7 Å². The highest BCUT2D eigenvalue weighted by atomic mass is 32.2. The number of β-lactam (4-membered cyclic amide) rings is 1. The van der Waals surface area contributed by atoms with Crippen LogP contribution in [0.4, 0.5) is 0 Å². The molecule has 2 amide bonds. The molecule has 0 aromatic carbocycles. The van der Waals surface area contributed by atoms with Crippen LogP contribution in [0.3, 0.4) is 0 Å². The maximum atomic E-state index is 13.1. The number of carbonyl (C=O) groups excluding carboxylic acids is 2. The molecule has 4 aliphatic heterocycles. The molecular formula is C22H35N4O5S+. The number of likely N-dealkylation sites (tertiary alicyclic amines) is 1. The number of thioether (sulfide) groups is 1. The van der Waals surface area contributed by atoms with Gasteiger partial charge in [0, 0.05) is 35.6 Å². The van der Waals surface area contributed by atoms with E-state index in [2.05, 4.69) is 26.5 Å². The molecule has 0 saturated carbocycles. The first-order chi connectivity index (χ1) is 14.9. The lowest BCUT2D eigenvalue weighted by molar-refractivity contribution is -0.893. The quantitative estimate of drug-likeness (QED) is 0.370. The molecule has 0 aromatic heterocycles. The van der Waals surface area contributed by atoms with Gasteiger partial charge in [-0.25, -0.2) is 4.79 Å². The highest BCUT2D eigenvalue weighted by Gasteiger charge is 2.60. The first-order valence-corrected chi connectivity index (χ1v) is 12.3. The number of rotatable bonds is 6. The molecule has 10 heteroatoms. The summed E-state index contributed by atoms with van der Waals surface area (Å²) in [6.45, 7) is 5.67. The minimum absolute atomic E-state index is 0.0505. The number of amides is 2. The van der Waals surface area contributed by atoms with E-state index in [1.807, 2.05) is 11.8 Å². The molecule has 4 aliphatic rings. The van der Waals surface area contributed by atoms with Crippen LogP contribution in [0.5, 0.6) is 0 Å². The molecule has 3 saturated heterocycles. The van der Waals surface area contributed by atoms with Gasteiger partial charge < -0.3 is 29.8 Å². The summed E-state index contributed by atoms with van der Waals surface area (Å²) in [6.07, 6.45) is 0.829. The van der Waals surface area contributed by atoms with Crippen molar-refractivity contribution in [3.05, 3.63) is 10.6 Å². The Morgan fingerprint density at radius 2 is 1.97 bits per heavy atom. The number of carboxylic acid groups (broad SMARTS) is 1. The summed E-state index contributed by atoms with van der Waals surface area (Å²) in [6, 6.07) is -0.120. The molecule has 0 bridgehead atoms. The molecule has 3 N–H and O–H groups in total. The molecule has 0 spiro atoms. The lowest BCUT2D eigenvalue weighted by atomic mass is 9.79. The lowest BCUT2D eigenvalue weighted by Crippen LogP contribution is -2.63. The third-order valence-electron chi connectivity index (χ3n) is 7.56. The van der Waals surface area contributed by atoms with Crippen LogP contribution in [0.15, 0.2) is 10.6 Å². The Kier molecular flexibility index (Phi) is 6.11. The van der Waals surface area contributed by atoms with E-state index in [0.29, 0.717) is 23.9 Å². The second kappa shape index (κ2) is 8.30. The number of aliphatic hydroxyl groups is 1. The van der Waals surface area contributed by atoms with Crippen molar-refractivity contribution >= 4 is 29.5 Å². The van der Waals surface area contributed by atoms with E-state index < -0.39 is 18.0 Å². The highest BCUT2D eigenvalue weighted by molar-refractivity contribution is 8.03. The van der Waals surface area contributed by atoms with Gasteiger partial charge in [-0.05, 0) is 13.3 Å². The summed E-state index contributed by atoms with van der Waals surface area (Å²) >= 11 is 1.48. The molecule has 0 aliphatic carbocycles. The van der Waals surface area contributed by atoms with E-state index >= 15 is 0 Å². The van der Waals surface area contributed by atoms with Crippen molar-refractivity contribution in [2.45, 2.75) is 56.2 Å². The summed E-state index contributed by atoms with van der Waals surface area (Å²) in [7, 11) is 6.48. The minimum Gasteiger partial charge on any atom is -0.477 e. The van der Waals surface area contributed by atoms with Gasteiger partial charge in [0.05, 0.1) is 51.8 Å². The second-order valence-electron chi connectivity index (χ2n) is 10.6. The van der Waals surface area contributed by atoms with Crippen molar-refractivity contribution in [1.82, 2.24) is 15.1 Å². The minimum atomic E-state index is -1.11. The standard InChI is InChI=1S/C22H34N4O5S/c1-11-17-16(12(2)27)21(29)25(17)18(22(30)31)19(11)32-14-8-15(23-9-14)20(28)24-7-6-13(10-24)26(3,4)5/h11-17,23,27H,6-10H2,1-5H3/p+1/t11-,12-,13+,14+,15+,16-,17-/m1/s1. The average Bonchev–Trinajstić information content (AvgIpc) is 3.40. The molecule has 0 unspecified atom stereocenters. The molecule has 9 nitrogen and oxygen atoms in total. The van der Waals surface area contributed by atoms with Crippen molar-refractivity contribution in [3.63, 3.8) is 0 Å². The van der Waals surface area contributed by atoms with Crippen LogP contribution in [-0.2, 0) is 14.4 Å². The van der Waals surface area contributed by atoms with Crippen LogP contribution in [0, 0.1) is 11.8 Å². The monoisotopic (exact) mass is 467 g/mol. The van der Waals surface area contributed by atoms with Crippen LogP contribution in [0.2, 0.25) is 0 Å². The predicted molar refractivity (Wildman–Crippen MR) is 120 cm³/mol. The number of carboxylic acids is 1. The van der Waals surface area contributed by atoms with Gasteiger partial charge in [0.15, 0.2) is 0 Å². The number of carbonyl (C=O) groups is 3. The Morgan fingerprint density at radius 1 is 1.28 bits per heavy atom. The van der Waals surface area contributed by atoms with Crippen molar-refractivity contribution in [1.29, 1.82) is 0 Å². The largest absolute Gasteiger partial charge is 0.477 e. The maximum absolute atomic E-state index is 13.1. The number of nitrogens with zero attached hydrogens (tertiary/aromatic N) is 3. The van der Waals surface area contributed by atoms with E-state index in [0.717, 1.165) is 24.0 Å². The van der Waals surface area contributed by atoms with Gasteiger partial charge in [-0.2, -0.15) is 0 Å². The van der Waals surface area contributed by atoms with Gasteiger partial charge in [-0.1, -0.05) is 6.92 Å². The number of fused-ring (bicyclic) bond motifs is 1. The SMILES string of the molecule is C[C@@H](O)[C@H]1C(=O)N2C(C(=O)O)=C(S[C@@H]3CN[C@H](C(=O)N4CC[C@H]([N+](C)(C)C)C4)C3)[C@H](C)[C@H]12. The van der Waals surface area contributed by atoms with E-state index in [-0.39, 0.29) is 40.8 Å². The van der Waals surface area contributed by atoms with Gasteiger partial charge in [0.1, 0.15) is 11.7 Å². The Labute approximate surface area is 193 Å². The fraction of sp³-hybridized carbons (Fsp3) is 0.773. The van der Waals surface area contributed by atoms with Gasteiger partial charge in [-0.15, -0.1) is 11.8 Å². The molecule has 4 heterocycles. The molecule has 3 fully saturated rings. The first kappa shape index (κ1) is 23.5. The summed E-state index contributed by atoms with van der Waals surface area (Å²) in [5.41, 5.74) is 0.0505. The lowest BCUT2D eigenvalue weighted by Gasteiger charge is -2.46. The molecule has 0 radical (unpaired) electrons. The number of hydrogen-bond donors (Lipinski definition) is 3. The van der Waals surface area contributed by atoms with Crippen molar-refractivity contribution in [2.75, 3.05) is 40.8 Å². The predicted octanol–water partition coefficient (Wildman–Crippen LogP) is -0.0891. The Bertz CT molecular complexity index is 854. The molecule has 178 valence electrons. The van der Waals surface area contributed by atoms with Crippen molar-refractivity contribution < 1.29 is 29.1 Å². The number of quaternary nitrogens is 1. The summed E-state index contributed by atoms with van der Waals surface area (Å²) in [4.78, 5) is 41.6. The molecule has 32 heavy (non-hydrogen) atoms. The zero-order chi connectivity index (χ0) is 23.5. The fourth-order valence-corrected chi connectivity index (χ4v) is 7.11. The van der Waals surface area contributed by atoms with E-state index in [1.54, 1.807) is 6.92 Å². The number of aliphatic hydroxyl groups excluding tert-OH is 1. The molecule has 4 rings (SSSR count). The Balaban J connectivity index is 1.42. The van der Waals surface area contributed by atoms with Gasteiger partial charge in [-0.3, -0.25) is 9.59 Å². The van der Waals surface area contributed by atoms with E-state index in [4.69, 9.17) is 0 Å². The Hall–Kier alpha value is -1.62. The van der Waals surface area contributed by atoms with Crippen molar-refractivity contribution in [3.8, 4) is 0 Å². The number of likely N-dealkylation sites (N-methyl/N-ethyl adjacent to an activating group) is 1. The number of nitrogens with one attached hydrogen (secondary N) is 1. The zero-order valence-electron chi connectivity index (χ0n) is 19.4. The topological polar surface area (TPSA) is 110 Å². The van der Waals surface area contributed by atoms with Gasteiger partial charge >= 0.3 is 5.97 Å². The van der Waals surface area contributed by atoms with E-state index in [9.17, 15) is 24.6 Å². The summed E-state index contributed by atoms with van der Waals surface area (Å²) in [5.74, 6) is -2.01. The molecule has 7 atom stereocenters. The molecular weight excluding hydrogens is 432 g/mol. The Morgan fingerprint density at radius 3 is 2.53 bits per heavy atom. The van der Waals surface area contributed by atoms with Gasteiger partial charge in [0.25, 0.3) is 0 Å². The smallest absolute Gasteiger partial charge is 0.353 e. The fourth-order valence-electron chi connectivity index (χ4n) is 5.63. The van der Waals surface area contributed by atoms with Gasteiger partial charge in [0.2, 0.25) is 11.8 Å². The second-order valence-corrected chi connectivity index (χ2v) is 11.9.